The Morgan fingerprint density at radius 3 is 2.64 bits per heavy atom. The summed E-state index contributed by atoms with van der Waals surface area (Å²) >= 11 is 12.2. The molecular formula is C19H18Cl2N2O2. The third kappa shape index (κ3) is 3.80. The number of hydrogen-bond acceptors (Lipinski definition) is 2. The van der Waals surface area contributed by atoms with E-state index in [1.807, 2.05) is 32.0 Å². The van der Waals surface area contributed by atoms with E-state index >= 15 is 0 Å². The number of halogens is 2. The molecule has 1 atom stereocenters. The summed E-state index contributed by atoms with van der Waals surface area (Å²) < 4.78 is 0. The minimum absolute atomic E-state index is 0.134. The maximum atomic E-state index is 12.6. The molecule has 0 unspecified atom stereocenters. The number of carbonyl (C=O) groups is 2. The van der Waals surface area contributed by atoms with Gasteiger partial charge in [0.25, 0.3) is 0 Å². The van der Waals surface area contributed by atoms with E-state index in [0.717, 1.165) is 16.8 Å². The van der Waals surface area contributed by atoms with Gasteiger partial charge in [0.15, 0.2) is 0 Å². The Bertz CT molecular complexity index is 851. The lowest BCUT2D eigenvalue weighted by atomic mass is 10.1. The molecule has 1 aliphatic rings. The van der Waals surface area contributed by atoms with Crippen molar-refractivity contribution < 1.29 is 9.59 Å². The minimum atomic E-state index is -0.428. The average molecular weight is 377 g/mol. The number of carbonyl (C=O) groups excluding carboxylic acids is 2. The average Bonchev–Trinajstić information content (AvgIpc) is 2.94. The number of nitrogens with one attached hydrogen (secondary N) is 1. The van der Waals surface area contributed by atoms with Crippen molar-refractivity contribution in [1.82, 2.24) is 0 Å². The molecule has 0 bridgehead atoms. The Labute approximate surface area is 156 Å². The molecule has 0 aromatic heterocycles. The van der Waals surface area contributed by atoms with E-state index < -0.39 is 5.92 Å². The number of rotatable bonds is 3. The van der Waals surface area contributed by atoms with Gasteiger partial charge in [-0.2, -0.15) is 0 Å². The van der Waals surface area contributed by atoms with Crippen LogP contribution >= 0.6 is 23.2 Å². The maximum absolute atomic E-state index is 12.6. The number of nitrogens with zero attached hydrogens (tertiary/aromatic N) is 1. The highest BCUT2D eigenvalue weighted by Crippen LogP contribution is 2.33. The third-order valence-electron chi connectivity index (χ3n) is 4.33. The van der Waals surface area contributed by atoms with Crippen molar-refractivity contribution in [3.05, 3.63) is 57.6 Å². The van der Waals surface area contributed by atoms with Gasteiger partial charge in [-0.15, -0.1) is 0 Å². The van der Waals surface area contributed by atoms with Gasteiger partial charge in [0.1, 0.15) is 0 Å². The lowest BCUT2D eigenvalue weighted by Crippen LogP contribution is -2.28. The predicted octanol–water partition coefficient (Wildman–Crippen LogP) is 4.60. The molecule has 1 heterocycles. The van der Waals surface area contributed by atoms with Gasteiger partial charge >= 0.3 is 0 Å². The molecule has 1 N–H and O–H groups in total. The van der Waals surface area contributed by atoms with Crippen molar-refractivity contribution in [2.24, 2.45) is 5.92 Å². The maximum Gasteiger partial charge on any atom is 0.229 e. The van der Waals surface area contributed by atoms with Crippen LogP contribution in [0.2, 0.25) is 10.0 Å². The lowest BCUT2D eigenvalue weighted by molar-refractivity contribution is -0.122. The van der Waals surface area contributed by atoms with Crippen LogP contribution in [0.5, 0.6) is 0 Å². The summed E-state index contributed by atoms with van der Waals surface area (Å²) in [7, 11) is 0. The zero-order valence-corrected chi connectivity index (χ0v) is 15.5. The van der Waals surface area contributed by atoms with Crippen LogP contribution in [0.1, 0.15) is 17.5 Å². The Morgan fingerprint density at radius 2 is 1.92 bits per heavy atom. The standard InChI is InChI=1S/C19H18Cl2N2O2/c1-11-3-6-16(12(2)7-11)22-19(25)13-8-18(24)23(10-13)17-9-14(20)4-5-15(17)21/h3-7,9,13H,8,10H2,1-2H3,(H,22,25)/t13-/m0/s1. The number of hydrogen-bond donors (Lipinski definition) is 1. The minimum Gasteiger partial charge on any atom is -0.326 e. The highest BCUT2D eigenvalue weighted by Gasteiger charge is 2.36. The second-order valence-electron chi connectivity index (χ2n) is 6.31. The van der Waals surface area contributed by atoms with Crippen LogP contribution in [0.25, 0.3) is 0 Å². The number of benzene rings is 2. The molecule has 1 saturated heterocycles. The first-order chi connectivity index (χ1) is 11.8. The SMILES string of the molecule is Cc1ccc(NC(=O)[C@H]2CC(=O)N(c3cc(Cl)ccc3Cl)C2)c(C)c1. The molecule has 0 spiro atoms. The molecule has 0 radical (unpaired) electrons. The molecule has 25 heavy (non-hydrogen) atoms. The Morgan fingerprint density at radius 1 is 1.16 bits per heavy atom. The number of anilines is 2. The van der Waals surface area contributed by atoms with Gasteiger partial charge in [-0.25, -0.2) is 0 Å². The second-order valence-corrected chi connectivity index (χ2v) is 7.15. The lowest BCUT2D eigenvalue weighted by Gasteiger charge is -2.18. The zero-order valence-electron chi connectivity index (χ0n) is 14.0. The fraction of sp³-hybridized carbons (Fsp3) is 0.263. The molecule has 3 rings (SSSR count). The molecule has 6 heteroatoms. The Hall–Kier alpha value is -2.04. The van der Waals surface area contributed by atoms with Crippen LogP contribution in [0.4, 0.5) is 11.4 Å². The first kappa shape index (κ1) is 17.8. The normalized spacial score (nSPS) is 17.0. The first-order valence-electron chi connectivity index (χ1n) is 7.98. The van der Waals surface area contributed by atoms with Crippen molar-refractivity contribution >= 4 is 46.4 Å². The highest BCUT2D eigenvalue weighted by atomic mass is 35.5. The summed E-state index contributed by atoms with van der Waals surface area (Å²) in [6.07, 6.45) is 0.152. The van der Waals surface area contributed by atoms with Crippen molar-refractivity contribution in [1.29, 1.82) is 0 Å². The van der Waals surface area contributed by atoms with Gasteiger partial charge in [-0.3, -0.25) is 9.59 Å². The molecule has 2 aromatic carbocycles. The highest BCUT2D eigenvalue weighted by molar-refractivity contribution is 6.36. The first-order valence-corrected chi connectivity index (χ1v) is 8.74. The Balaban J connectivity index is 1.75. The number of aryl methyl sites for hydroxylation is 2. The van der Waals surface area contributed by atoms with Gasteiger partial charge < -0.3 is 10.2 Å². The molecule has 2 amide bonds. The second kappa shape index (κ2) is 7.06. The van der Waals surface area contributed by atoms with Crippen molar-refractivity contribution in [3.63, 3.8) is 0 Å². The van der Waals surface area contributed by atoms with E-state index in [-0.39, 0.29) is 24.8 Å². The monoisotopic (exact) mass is 376 g/mol. The van der Waals surface area contributed by atoms with Gasteiger partial charge in [0.05, 0.1) is 16.6 Å². The summed E-state index contributed by atoms with van der Waals surface area (Å²) in [6.45, 7) is 4.23. The molecule has 1 aliphatic heterocycles. The van der Waals surface area contributed by atoms with E-state index in [9.17, 15) is 9.59 Å². The number of amides is 2. The van der Waals surface area contributed by atoms with Crippen LogP contribution in [-0.4, -0.2) is 18.4 Å². The van der Waals surface area contributed by atoms with Gasteiger partial charge in [-0.1, -0.05) is 40.9 Å². The van der Waals surface area contributed by atoms with Crippen LogP contribution in [-0.2, 0) is 9.59 Å². The predicted molar refractivity (Wildman–Crippen MR) is 101 cm³/mol. The van der Waals surface area contributed by atoms with E-state index in [4.69, 9.17) is 23.2 Å². The van der Waals surface area contributed by atoms with Gasteiger partial charge in [-0.05, 0) is 43.7 Å². The molecule has 2 aromatic rings. The Kier molecular flexibility index (Phi) is 5.02. The van der Waals surface area contributed by atoms with E-state index in [2.05, 4.69) is 5.32 Å². The van der Waals surface area contributed by atoms with Gasteiger partial charge in [0.2, 0.25) is 11.8 Å². The smallest absolute Gasteiger partial charge is 0.229 e. The van der Waals surface area contributed by atoms with Gasteiger partial charge in [0, 0.05) is 23.7 Å². The van der Waals surface area contributed by atoms with Crippen molar-refractivity contribution in [3.8, 4) is 0 Å². The molecule has 130 valence electrons. The summed E-state index contributed by atoms with van der Waals surface area (Å²) in [5.41, 5.74) is 3.43. The largest absolute Gasteiger partial charge is 0.326 e. The fourth-order valence-electron chi connectivity index (χ4n) is 3.00. The van der Waals surface area contributed by atoms with E-state index in [1.165, 1.54) is 4.90 Å². The van der Waals surface area contributed by atoms with Crippen LogP contribution in [0.3, 0.4) is 0 Å². The van der Waals surface area contributed by atoms with E-state index in [1.54, 1.807) is 18.2 Å². The molecule has 4 nitrogen and oxygen atoms in total. The van der Waals surface area contributed by atoms with Crippen LogP contribution in [0.15, 0.2) is 36.4 Å². The van der Waals surface area contributed by atoms with Crippen molar-refractivity contribution in [2.75, 3.05) is 16.8 Å². The van der Waals surface area contributed by atoms with E-state index in [0.29, 0.717) is 15.7 Å². The zero-order chi connectivity index (χ0) is 18.1. The van der Waals surface area contributed by atoms with Crippen LogP contribution in [0, 0.1) is 19.8 Å². The summed E-state index contributed by atoms with van der Waals surface area (Å²) in [6, 6.07) is 10.8. The summed E-state index contributed by atoms with van der Waals surface area (Å²) in [5.74, 6) is -0.728. The molecule has 0 aliphatic carbocycles. The van der Waals surface area contributed by atoms with Crippen molar-refractivity contribution in [2.45, 2.75) is 20.3 Å². The quantitative estimate of drug-likeness (QED) is 0.850. The topological polar surface area (TPSA) is 49.4 Å². The summed E-state index contributed by atoms with van der Waals surface area (Å²) in [5, 5.41) is 3.85. The van der Waals surface area contributed by atoms with Crippen LogP contribution < -0.4 is 10.2 Å². The molecule has 0 saturated carbocycles. The molecule has 1 fully saturated rings. The third-order valence-corrected chi connectivity index (χ3v) is 4.89. The summed E-state index contributed by atoms with van der Waals surface area (Å²) in [4.78, 5) is 26.5. The fourth-order valence-corrected chi connectivity index (χ4v) is 3.38. The molecular weight excluding hydrogens is 359 g/mol.